The molecule has 0 radical (unpaired) electrons. The molecular weight excluding hydrogens is 193 g/mol. The van der Waals surface area contributed by atoms with E-state index in [0.29, 0.717) is 10.6 Å². The van der Waals surface area contributed by atoms with Crippen LogP contribution in [-0.4, -0.2) is 5.91 Å². The van der Waals surface area contributed by atoms with E-state index in [1.54, 1.807) is 12.1 Å². The first kappa shape index (κ1) is 9.99. The van der Waals surface area contributed by atoms with Gasteiger partial charge in [0.15, 0.2) is 0 Å². The highest BCUT2D eigenvalue weighted by Crippen LogP contribution is 2.17. The molecule has 1 N–H and O–H groups in total. The molecule has 1 amide bonds. The Morgan fingerprint density at radius 3 is 2.92 bits per heavy atom. The van der Waals surface area contributed by atoms with Gasteiger partial charge in [0.1, 0.15) is 0 Å². The molecule has 1 aromatic carbocycles. The Morgan fingerprint density at radius 1 is 1.62 bits per heavy atom. The van der Waals surface area contributed by atoms with Crippen molar-refractivity contribution >= 4 is 17.5 Å². The highest BCUT2D eigenvalue weighted by molar-refractivity contribution is 6.31. The maximum absolute atomic E-state index is 11.7. The van der Waals surface area contributed by atoms with Crippen LogP contribution in [0.3, 0.4) is 0 Å². The topological polar surface area (TPSA) is 29.1 Å². The molecule has 0 unspecified atom stereocenters. The molecule has 2 nitrogen and oxygen atoms in total. The normalized spacial score (nSPS) is 9.77. The van der Waals surface area contributed by atoms with E-state index in [1.165, 1.54) is 0 Å². The molecule has 0 aliphatic rings. The minimum Gasteiger partial charge on any atom is -0.272 e. The maximum Gasteiger partial charge on any atom is 0.252 e. The second-order valence-electron chi connectivity index (χ2n) is 2.79. The first-order valence-electron chi connectivity index (χ1n) is 3.78. The van der Waals surface area contributed by atoms with Crippen LogP contribution in [0, 0.1) is 6.92 Å². The molecule has 0 fully saturated rings. The second kappa shape index (κ2) is 4.23. The smallest absolute Gasteiger partial charge is 0.252 e. The minimum atomic E-state index is -0.687. The predicted octanol–water partition coefficient (Wildman–Crippen LogP) is 2.19. The number of carbonyl (C=O) groups is 1. The summed E-state index contributed by atoms with van der Waals surface area (Å²) in [7, 11) is 0. The van der Waals surface area contributed by atoms with E-state index < -0.39 is 5.91 Å². The fourth-order valence-electron chi connectivity index (χ4n) is 1.05. The maximum atomic E-state index is 11.7. The number of carbonyl (C=O) groups excluding carboxylic acids is 1. The molecule has 0 spiro atoms. The van der Waals surface area contributed by atoms with Crippen LogP contribution in [0.2, 0.25) is 5.02 Å². The van der Waals surface area contributed by atoms with Gasteiger partial charge in [0.05, 0.1) is 6.42 Å². The van der Waals surface area contributed by atoms with Gasteiger partial charge >= 0.3 is 0 Å². The molecule has 1 aromatic rings. The largest absolute Gasteiger partial charge is 0.272 e. The molecule has 0 saturated carbocycles. The number of hydrogen-bond donors (Lipinski definition) is 1. The Morgan fingerprint density at radius 2 is 2.31 bits per heavy atom. The molecule has 0 aliphatic heterocycles. The van der Waals surface area contributed by atoms with Gasteiger partial charge in [-0.15, -0.1) is 4.48 Å². The lowest BCUT2D eigenvalue weighted by Crippen LogP contribution is -2.16. The van der Waals surface area contributed by atoms with Crippen LogP contribution >= 0.6 is 11.6 Å². The number of benzene rings is 1. The van der Waals surface area contributed by atoms with Crippen LogP contribution < -0.4 is 5.54 Å². The van der Waals surface area contributed by atoms with E-state index >= 15 is 0 Å². The Labute approximate surface area is 80.6 Å². The van der Waals surface area contributed by atoms with Crippen molar-refractivity contribution in [2.75, 3.05) is 0 Å². The Bertz CT molecular complexity index is 327. The highest BCUT2D eigenvalue weighted by Gasteiger charge is 2.06. The average molecular weight is 202 g/mol. The van der Waals surface area contributed by atoms with Gasteiger partial charge in [0, 0.05) is 5.02 Å². The minimum absolute atomic E-state index is 0.0307. The standard InChI is InChI=1S/C9H9ClFNO/c1-6-2-3-8(10)7(4-6)5-9(13)12-11/h2-4H,5H2,1H3,(H,12,13). The van der Waals surface area contributed by atoms with Gasteiger partial charge in [-0.3, -0.25) is 4.79 Å². The third kappa shape index (κ3) is 2.70. The number of aryl methyl sites for hydroxylation is 1. The molecule has 70 valence electrons. The zero-order chi connectivity index (χ0) is 9.84. The van der Waals surface area contributed by atoms with Crippen LogP contribution in [0.4, 0.5) is 4.48 Å². The van der Waals surface area contributed by atoms with Gasteiger partial charge in [-0.1, -0.05) is 29.3 Å². The van der Waals surface area contributed by atoms with Gasteiger partial charge in [-0.25, -0.2) is 0 Å². The van der Waals surface area contributed by atoms with Crippen LogP contribution in [0.25, 0.3) is 0 Å². The lowest BCUT2D eigenvalue weighted by atomic mass is 10.1. The summed E-state index contributed by atoms with van der Waals surface area (Å²) in [5.41, 5.74) is 2.69. The van der Waals surface area contributed by atoms with E-state index in [2.05, 4.69) is 0 Å². The van der Waals surface area contributed by atoms with Crippen LogP contribution in [0.5, 0.6) is 0 Å². The van der Waals surface area contributed by atoms with Crippen molar-refractivity contribution < 1.29 is 9.28 Å². The Kier molecular flexibility index (Phi) is 3.25. The molecule has 0 heterocycles. The van der Waals surface area contributed by atoms with Gasteiger partial charge in [0.25, 0.3) is 5.91 Å². The zero-order valence-corrected chi connectivity index (χ0v) is 7.86. The molecule has 0 saturated heterocycles. The van der Waals surface area contributed by atoms with E-state index in [0.717, 1.165) is 11.1 Å². The monoisotopic (exact) mass is 201 g/mol. The van der Waals surface area contributed by atoms with E-state index in [9.17, 15) is 9.28 Å². The first-order chi connectivity index (χ1) is 6.13. The van der Waals surface area contributed by atoms with Crippen molar-refractivity contribution in [1.82, 2.24) is 5.54 Å². The van der Waals surface area contributed by atoms with Gasteiger partial charge < -0.3 is 0 Å². The van der Waals surface area contributed by atoms with Crippen molar-refractivity contribution in [3.05, 3.63) is 34.3 Å². The average Bonchev–Trinajstić information content (AvgIpc) is 2.11. The summed E-state index contributed by atoms with van der Waals surface area (Å²) in [4.78, 5) is 10.7. The predicted molar refractivity (Wildman–Crippen MR) is 49.1 cm³/mol. The second-order valence-corrected chi connectivity index (χ2v) is 3.20. The van der Waals surface area contributed by atoms with Crippen LogP contribution in [-0.2, 0) is 11.2 Å². The van der Waals surface area contributed by atoms with Crippen molar-refractivity contribution in [1.29, 1.82) is 0 Å². The lowest BCUT2D eigenvalue weighted by molar-refractivity contribution is -0.124. The molecule has 4 heteroatoms. The molecule has 0 aromatic heterocycles. The first-order valence-corrected chi connectivity index (χ1v) is 4.16. The number of rotatable bonds is 2. The highest BCUT2D eigenvalue weighted by atomic mass is 35.5. The number of nitrogens with one attached hydrogen (secondary N) is 1. The zero-order valence-electron chi connectivity index (χ0n) is 7.10. The summed E-state index contributed by atoms with van der Waals surface area (Å²) in [5.74, 6) is -0.687. The van der Waals surface area contributed by atoms with E-state index in [1.807, 2.05) is 13.0 Å². The van der Waals surface area contributed by atoms with Crippen molar-refractivity contribution in [3.8, 4) is 0 Å². The summed E-state index contributed by atoms with van der Waals surface area (Å²) >= 11 is 5.79. The molecular formula is C9H9ClFNO. The molecule has 1 rings (SSSR count). The van der Waals surface area contributed by atoms with E-state index in [-0.39, 0.29) is 6.42 Å². The lowest BCUT2D eigenvalue weighted by Gasteiger charge is -2.02. The molecule has 13 heavy (non-hydrogen) atoms. The Balaban J connectivity index is 2.87. The van der Waals surface area contributed by atoms with Crippen molar-refractivity contribution in [2.45, 2.75) is 13.3 Å². The third-order valence-corrected chi connectivity index (χ3v) is 2.03. The van der Waals surface area contributed by atoms with Crippen molar-refractivity contribution in [3.63, 3.8) is 0 Å². The quantitative estimate of drug-likeness (QED) is 0.731. The Hall–Kier alpha value is -1.09. The van der Waals surface area contributed by atoms with Crippen LogP contribution in [0.1, 0.15) is 11.1 Å². The van der Waals surface area contributed by atoms with E-state index in [4.69, 9.17) is 11.6 Å². The molecule has 0 aliphatic carbocycles. The molecule has 0 bridgehead atoms. The summed E-state index contributed by atoms with van der Waals surface area (Å²) in [6, 6.07) is 5.29. The molecule has 0 atom stereocenters. The van der Waals surface area contributed by atoms with Crippen molar-refractivity contribution in [2.24, 2.45) is 0 Å². The van der Waals surface area contributed by atoms with Gasteiger partial charge in [-0.2, -0.15) is 5.54 Å². The van der Waals surface area contributed by atoms with Gasteiger partial charge in [-0.05, 0) is 18.6 Å². The summed E-state index contributed by atoms with van der Waals surface area (Å²) in [5, 5.41) is 0.481. The SMILES string of the molecule is Cc1ccc(Cl)c(CC(=O)NF)c1. The number of halogens is 2. The number of hydrogen-bond acceptors (Lipinski definition) is 1. The van der Waals surface area contributed by atoms with Crippen LogP contribution in [0.15, 0.2) is 18.2 Å². The summed E-state index contributed by atoms with van der Waals surface area (Å²) in [6.07, 6.45) is -0.0307. The summed E-state index contributed by atoms with van der Waals surface area (Å²) < 4.78 is 11.7. The summed E-state index contributed by atoms with van der Waals surface area (Å²) in [6.45, 7) is 1.88. The number of amides is 1. The fourth-order valence-corrected chi connectivity index (χ4v) is 1.23. The fraction of sp³-hybridized carbons (Fsp3) is 0.222. The van der Waals surface area contributed by atoms with Gasteiger partial charge in [0.2, 0.25) is 0 Å². The third-order valence-electron chi connectivity index (χ3n) is 1.66.